The number of hydrogen-bond donors (Lipinski definition) is 2. The molecule has 19 heavy (non-hydrogen) atoms. The Labute approximate surface area is 114 Å². The lowest BCUT2D eigenvalue weighted by Gasteiger charge is -2.27. The molecule has 1 heterocycles. The first kappa shape index (κ1) is 12.6. The monoisotopic (exact) mass is 262 g/mol. The van der Waals surface area contributed by atoms with Crippen LogP contribution in [0.2, 0.25) is 0 Å². The molecule has 0 aromatic heterocycles. The first-order valence-electron chi connectivity index (χ1n) is 7.06. The highest BCUT2D eigenvalue weighted by molar-refractivity contribution is 5.56. The van der Waals surface area contributed by atoms with Gasteiger partial charge in [0.2, 0.25) is 5.79 Å². The first-order valence-corrected chi connectivity index (χ1v) is 7.06. The van der Waals surface area contributed by atoms with Crippen molar-refractivity contribution in [3.05, 3.63) is 18.2 Å². The smallest absolute Gasteiger partial charge is 0.246 e. The van der Waals surface area contributed by atoms with E-state index in [9.17, 15) is 0 Å². The average Bonchev–Trinajstić information content (AvgIpc) is 2.65. The van der Waals surface area contributed by atoms with Crippen LogP contribution < -0.4 is 20.5 Å². The molecule has 3 N–H and O–H groups in total. The summed E-state index contributed by atoms with van der Waals surface area (Å²) in [6.07, 6.45) is 4.49. The minimum Gasteiger partial charge on any atom is -0.449 e. The third-order valence-electron chi connectivity index (χ3n) is 3.80. The molecule has 0 amide bonds. The summed E-state index contributed by atoms with van der Waals surface area (Å²) in [6, 6.07) is 6.96. The van der Waals surface area contributed by atoms with Gasteiger partial charge in [0, 0.05) is 37.7 Å². The minimum absolute atomic E-state index is 0.385. The summed E-state index contributed by atoms with van der Waals surface area (Å²) < 4.78 is 11.4. The van der Waals surface area contributed by atoms with Gasteiger partial charge in [0.05, 0.1) is 0 Å². The van der Waals surface area contributed by atoms with Crippen molar-refractivity contribution in [3.8, 4) is 11.5 Å². The number of rotatable bonds is 2. The van der Waals surface area contributed by atoms with Gasteiger partial charge < -0.3 is 20.5 Å². The highest BCUT2D eigenvalue weighted by Gasteiger charge is 2.31. The quantitative estimate of drug-likeness (QED) is 0.860. The van der Waals surface area contributed by atoms with Crippen molar-refractivity contribution in [2.24, 2.45) is 5.73 Å². The topological polar surface area (TPSA) is 56.5 Å². The number of anilines is 1. The molecule has 1 fully saturated rings. The van der Waals surface area contributed by atoms with E-state index in [-0.39, 0.29) is 0 Å². The predicted molar refractivity (Wildman–Crippen MR) is 75.6 cm³/mol. The van der Waals surface area contributed by atoms with Crippen LogP contribution in [0.25, 0.3) is 0 Å². The average molecular weight is 262 g/mol. The van der Waals surface area contributed by atoms with E-state index in [1.54, 1.807) is 0 Å². The predicted octanol–water partition coefficient (Wildman–Crippen LogP) is 2.88. The number of hydrogen-bond acceptors (Lipinski definition) is 4. The normalized spacial score (nSPS) is 28.2. The molecule has 4 heteroatoms. The van der Waals surface area contributed by atoms with Crippen LogP contribution in [0.1, 0.15) is 39.5 Å². The van der Waals surface area contributed by atoms with E-state index >= 15 is 0 Å². The van der Waals surface area contributed by atoms with Gasteiger partial charge in [-0.25, -0.2) is 0 Å². The van der Waals surface area contributed by atoms with E-state index in [1.165, 1.54) is 0 Å². The van der Waals surface area contributed by atoms with Gasteiger partial charge >= 0.3 is 0 Å². The molecule has 1 aromatic rings. The molecular formula is C15H22N2O2. The van der Waals surface area contributed by atoms with E-state index in [0.717, 1.165) is 42.9 Å². The molecule has 0 spiro atoms. The number of fused-ring (bicyclic) bond motifs is 1. The molecule has 0 saturated heterocycles. The van der Waals surface area contributed by atoms with Crippen molar-refractivity contribution in [3.63, 3.8) is 0 Å². The second-order valence-corrected chi connectivity index (χ2v) is 6.02. The molecule has 4 nitrogen and oxygen atoms in total. The first-order chi connectivity index (χ1) is 9.02. The molecule has 3 rings (SSSR count). The summed E-state index contributed by atoms with van der Waals surface area (Å²) >= 11 is 0. The summed E-state index contributed by atoms with van der Waals surface area (Å²) in [4.78, 5) is 0. The van der Waals surface area contributed by atoms with Crippen molar-refractivity contribution < 1.29 is 9.47 Å². The zero-order chi connectivity index (χ0) is 13.5. The van der Waals surface area contributed by atoms with Crippen LogP contribution in [0.4, 0.5) is 5.69 Å². The summed E-state index contributed by atoms with van der Waals surface area (Å²) in [5.74, 6) is 1.09. The molecule has 0 atom stereocenters. The highest BCUT2D eigenvalue weighted by atomic mass is 16.7. The van der Waals surface area contributed by atoms with Crippen molar-refractivity contribution in [1.29, 1.82) is 0 Å². The fraction of sp³-hybridized carbons (Fsp3) is 0.600. The number of nitrogens with two attached hydrogens (primary N) is 1. The van der Waals surface area contributed by atoms with E-state index in [2.05, 4.69) is 11.4 Å². The van der Waals surface area contributed by atoms with Gasteiger partial charge in [0.15, 0.2) is 11.5 Å². The lowest BCUT2D eigenvalue weighted by Crippen LogP contribution is -2.32. The summed E-state index contributed by atoms with van der Waals surface area (Å²) in [5.41, 5.74) is 7.03. The Morgan fingerprint density at radius 2 is 1.79 bits per heavy atom. The molecular weight excluding hydrogens is 240 g/mol. The molecule has 1 aliphatic carbocycles. The van der Waals surface area contributed by atoms with E-state index in [1.807, 2.05) is 26.0 Å². The number of benzene rings is 1. The number of nitrogens with one attached hydrogen (secondary N) is 1. The Morgan fingerprint density at radius 3 is 2.53 bits per heavy atom. The zero-order valence-corrected chi connectivity index (χ0v) is 11.6. The van der Waals surface area contributed by atoms with Crippen LogP contribution in [0.15, 0.2) is 18.2 Å². The van der Waals surface area contributed by atoms with Gasteiger partial charge in [0.1, 0.15) is 0 Å². The Morgan fingerprint density at radius 1 is 1.11 bits per heavy atom. The zero-order valence-electron chi connectivity index (χ0n) is 11.6. The Kier molecular flexibility index (Phi) is 3.05. The van der Waals surface area contributed by atoms with Gasteiger partial charge in [-0.2, -0.15) is 0 Å². The van der Waals surface area contributed by atoms with Crippen LogP contribution in [0, 0.1) is 0 Å². The molecule has 0 radical (unpaired) electrons. The maximum Gasteiger partial charge on any atom is 0.246 e. The van der Waals surface area contributed by atoms with E-state index < -0.39 is 5.79 Å². The molecule has 0 unspecified atom stereocenters. The van der Waals surface area contributed by atoms with Crippen LogP contribution in [-0.2, 0) is 0 Å². The van der Waals surface area contributed by atoms with E-state index in [0.29, 0.717) is 12.1 Å². The van der Waals surface area contributed by atoms with Gasteiger partial charge in [-0.3, -0.25) is 0 Å². The fourth-order valence-corrected chi connectivity index (χ4v) is 2.81. The Hall–Kier alpha value is -1.42. The van der Waals surface area contributed by atoms with Gasteiger partial charge in [0.25, 0.3) is 0 Å². The lowest BCUT2D eigenvalue weighted by atomic mass is 9.91. The Balaban J connectivity index is 1.67. The van der Waals surface area contributed by atoms with Crippen molar-refractivity contribution in [2.75, 3.05) is 5.32 Å². The van der Waals surface area contributed by atoms with Gasteiger partial charge in [-0.15, -0.1) is 0 Å². The van der Waals surface area contributed by atoms with E-state index in [4.69, 9.17) is 15.2 Å². The molecule has 2 aliphatic rings. The SMILES string of the molecule is CC1(C)Oc2ccc(NC3CCC(N)CC3)cc2O1. The summed E-state index contributed by atoms with van der Waals surface area (Å²) in [7, 11) is 0. The van der Waals surface area contributed by atoms with Crippen LogP contribution in [-0.4, -0.2) is 17.9 Å². The molecule has 1 aromatic carbocycles. The second-order valence-electron chi connectivity index (χ2n) is 6.02. The molecule has 0 bridgehead atoms. The maximum atomic E-state index is 5.93. The van der Waals surface area contributed by atoms with Crippen molar-refractivity contribution in [2.45, 2.75) is 57.4 Å². The van der Waals surface area contributed by atoms with Crippen LogP contribution in [0.5, 0.6) is 11.5 Å². The molecule has 1 saturated carbocycles. The number of ether oxygens (including phenoxy) is 2. The third kappa shape index (κ3) is 2.78. The standard InChI is InChI=1S/C15H22N2O2/c1-15(2)18-13-8-7-12(9-14(13)19-15)17-11-5-3-10(16)4-6-11/h7-11,17H,3-6,16H2,1-2H3. The van der Waals surface area contributed by atoms with Crippen molar-refractivity contribution in [1.82, 2.24) is 0 Å². The highest BCUT2D eigenvalue weighted by Crippen LogP contribution is 2.41. The minimum atomic E-state index is -0.557. The second kappa shape index (κ2) is 4.60. The van der Waals surface area contributed by atoms with Crippen molar-refractivity contribution >= 4 is 5.69 Å². The fourth-order valence-electron chi connectivity index (χ4n) is 2.81. The van der Waals surface area contributed by atoms with Crippen LogP contribution >= 0.6 is 0 Å². The van der Waals surface area contributed by atoms with Crippen LogP contribution in [0.3, 0.4) is 0 Å². The summed E-state index contributed by atoms with van der Waals surface area (Å²) in [6.45, 7) is 3.84. The van der Waals surface area contributed by atoms with Gasteiger partial charge in [-0.05, 0) is 37.8 Å². The lowest BCUT2D eigenvalue weighted by molar-refractivity contribution is -0.0431. The third-order valence-corrected chi connectivity index (χ3v) is 3.80. The maximum absolute atomic E-state index is 5.93. The Bertz CT molecular complexity index is 465. The molecule has 1 aliphatic heterocycles. The molecule has 104 valence electrons. The largest absolute Gasteiger partial charge is 0.449 e. The summed E-state index contributed by atoms with van der Waals surface area (Å²) in [5, 5.41) is 3.57. The van der Waals surface area contributed by atoms with Gasteiger partial charge in [-0.1, -0.05) is 0 Å².